The second kappa shape index (κ2) is 7.12. The largest absolute Gasteiger partial charge is 0.448 e. The van der Waals surface area contributed by atoms with Gasteiger partial charge in [0.2, 0.25) is 5.89 Å². The number of Topliss-reactive ketones (excluding diaryl/α,β-unsaturated/α-hetero) is 1. The summed E-state index contributed by atoms with van der Waals surface area (Å²) in [5.74, 6) is 0.391. The van der Waals surface area contributed by atoms with Crippen LogP contribution in [0.25, 0.3) is 11.3 Å². The van der Waals surface area contributed by atoms with Crippen molar-refractivity contribution >= 4 is 17.4 Å². The molecule has 3 aromatic rings. The Kier molecular flexibility index (Phi) is 4.74. The minimum Gasteiger partial charge on any atom is -0.448 e. The lowest BCUT2D eigenvalue weighted by Gasteiger charge is -1.99. The molecular formula is C19H13ClN2O2. The number of hydrogen-bond acceptors (Lipinski definition) is 4. The molecule has 0 amide bonds. The van der Waals surface area contributed by atoms with Gasteiger partial charge in [0.15, 0.2) is 0 Å². The number of oxazole rings is 1. The molecule has 0 saturated heterocycles. The van der Waals surface area contributed by atoms with E-state index in [0.29, 0.717) is 22.2 Å². The Morgan fingerprint density at radius 3 is 2.46 bits per heavy atom. The van der Waals surface area contributed by atoms with Crippen LogP contribution >= 0.6 is 11.6 Å². The van der Waals surface area contributed by atoms with Crippen molar-refractivity contribution in [3.8, 4) is 17.3 Å². The fourth-order valence-electron chi connectivity index (χ4n) is 2.30. The predicted molar refractivity (Wildman–Crippen MR) is 90.5 cm³/mol. The molecular weight excluding hydrogens is 324 g/mol. The van der Waals surface area contributed by atoms with E-state index < -0.39 is 0 Å². The Labute approximate surface area is 144 Å². The van der Waals surface area contributed by atoms with E-state index in [1.54, 1.807) is 36.4 Å². The van der Waals surface area contributed by atoms with Gasteiger partial charge in [-0.25, -0.2) is 4.98 Å². The minimum atomic E-state index is 0.00390. The number of nitrogens with zero attached hydrogens (tertiary/aromatic N) is 2. The summed E-state index contributed by atoms with van der Waals surface area (Å²) in [4.78, 5) is 16.5. The smallest absolute Gasteiger partial charge is 0.202 e. The van der Waals surface area contributed by atoms with Crippen LogP contribution in [0.2, 0.25) is 5.02 Å². The molecule has 0 aliphatic carbocycles. The highest BCUT2D eigenvalue weighted by atomic mass is 35.5. The summed E-state index contributed by atoms with van der Waals surface area (Å²) in [6, 6.07) is 16.3. The summed E-state index contributed by atoms with van der Waals surface area (Å²) < 4.78 is 5.39. The number of rotatable bonds is 5. The molecule has 118 valence electrons. The molecule has 5 heteroatoms. The topological polar surface area (TPSA) is 66.9 Å². The Morgan fingerprint density at radius 2 is 1.79 bits per heavy atom. The number of ketones is 1. The number of carbonyl (C=O) groups excluding carboxylic acids is 1. The van der Waals surface area contributed by atoms with Crippen LogP contribution in [0.4, 0.5) is 0 Å². The molecule has 0 saturated carbocycles. The lowest BCUT2D eigenvalue weighted by atomic mass is 10.1. The third-order valence-corrected chi connectivity index (χ3v) is 3.78. The molecule has 0 fully saturated rings. The Morgan fingerprint density at radius 1 is 1.08 bits per heavy atom. The summed E-state index contributed by atoms with van der Waals surface area (Å²) in [6.45, 7) is 0. The van der Waals surface area contributed by atoms with Gasteiger partial charge in [-0.2, -0.15) is 5.26 Å². The third-order valence-electron chi connectivity index (χ3n) is 3.52. The highest BCUT2D eigenvalue weighted by Crippen LogP contribution is 2.21. The maximum Gasteiger partial charge on any atom is 0.202 e. The van der Waals surface area contributed by atoms with E-state index in [1.165, 1.54) is 6.26 Å². The zero-order chi connectivity index (χ0) is 16.9. The number of hydrogen-bond donors (Lipinski definition) is 0. The summed E-state index contributed by atoms with van der Waals surface area (Å²) in [5, 5.41) is 9.42. The van der Waals surface area contributed by atoms with Gasteiger partial charge in [0.1, 0.15) is 17.7 Å². The SMILES string of the molecule is N#Cc1ccc(CC(=O)Cc2nc(-c3ccc(Cl)cc3)co2)cc1. The highest BCUT2D eigenvalue weighted by molar-refractivity contribution is 6.30. The molecule has 1 heterocycles. The van der Waals surface area contributed by atoms with E-state index in [2.05, 4.69) is 11.1 Å². The van der Waals surface area contributed by atoms with Gasteiger partial charge in [-0.05, 0) is 29.8 Å². The van der Waals surface area contributed by atoms with Gasteiger partial charge in [-0.15, -0.1) is 0 Å². The van der Waals surface area contributed by atoms with E-state index >= 15 is 0 Å². The molecule has 2 aromatic carbocycles. The summed E-state index contributed by atoms with van der Waals surface area (Å²) in [6.07, 6.45) is 1.95. The number of aromatic nitrogens is 1. The molecule has 0 unspecified atom stereocenters. The fraction of sp³-hybridized carbons (Fsp3) is 0.105. The van der Waals surface area contributed by atoms with Crippen LogP contribution in [0, 0.1) is 11.3 Å². The first-order valence-electron chi connectivity index (χ1n) is 7.35. The molecule has 0 radical (unpaired) electrons. The van der Waals surface area contributed by atoms with E-state index in [1.807, 2.05) is 12.1 Å². The number of carbonyl (C=O) groups is 1. The van der Waals surface area contributed by atoms with E-state index in [4.69, 9.17) is 21.3 Å². The van der Waals surface area contributed by atoms with Gasteiger partial charge in [0, 0.05) is 17.0 Å². The lowest BCUT2D eigenvalue weighted by molar-refractivity contribution is -0.118. The van der Waals surface area contributed by atoms with Crippen LogP contribution in [0.1, 0.15) is 17.0 Å². The monoisotopic (exact) mass is 336 g/mol. The van der Waals surface area contributed by atoms with Crippen molar-refractivity contribution in [3.63, 3.8) is 0 Å². The number of halogens is 1. The molecule has 0 spiro atoms. The third kappa shape index (κ3) is 3.89. The quantitative estimate of drug-likeness (QED) is 0.699. The Bertz CT molecular complexity index is 890. The molecule has 3 rings (SSSR count). The van der Waals surface area contributed by atoms with Crippen molar-refractivity contribution in [1.82, 2.24) is 4.98 Å². The van der Waals surface area contributed by atoms with Crippen LogP contribution in [0.15, 0.2) is 59.2 Å². The van der Waals surface area contributed by atoms with Crippen molar-refractivity contribution in [3.05, 3.63) is 76.8 Å². The van der Waals surface area contributed by atoms with Crippen LogP contribution in [0.3, 0.4) is 0 Å². The summed E-state index contributed by atoms with van der Waals surface area (Å²) in [7, 11) is 0. The Balaban J connectivity index is 1.64. The zero-order valence-corrected chi connectivity index (χ0v) is 13.5. The molecule has 1 aromatic heterocycles. The lowest BCUT2D eigenvalue weighted by Crippen LogP contribution is -2.06. The zero-order valence-electron chi connectivity index (χ0n) is 12.7. The van der Waals surface area contributed by atoms with Gasteiger partial charge < -0.3 is 4.42 Å². The van der Waals surface area contributed by atoms with Crippen molar-refractivity contribution in [2.45, 2.75) is 12.8 Å². The first-order valence-corrected chi connectivity index (χ1v) is 7.73. The maximum absolute atomic E-state index is 12.1. The molecule has 0 aliphatic rings. The van der Waals surface area contributed by atoms with Crippen molar-refractivity contribution < 1.29 is 9.21 Å². The van der Waals surface area contributed by atoms with Crippen molar-refractivity contribution in [1.29, 1.82) is 5.26 Å². The summed E-state index contributed by atoms with van der Waals surface area (Å²) >= 11 is 5.86. The molecule has 4 nitrogen and oxygen atoms in total. The minimum absolute atomic E-state index is 0.00390. The van der Waals surface area contributed by atoms with Crippen LogP contribution in [0.5, 0.6) is 0 Å². The molecule has 24 heavy (non-hydrogen) atoms. The number of benzene rings is 2. The standard InChI is InChI=1S/C19H13ClN2O2/c20-16-7-5-15(6-8-16)18-12-24-19(22-18)10-17(23)9-13-1-3-14(11-21)4-2-13/h1-8,12H,9-10H2. The van der Waals surface area contributed by atoms with E-state index in [9.17, 15) is 4.79 Å². The normalized spacial score (nSPS) is 10.3. The second-order valence-corrected chi connectivity index (χ2v) is 5.77. The number of nitriles is 1. The van der Waals surface area contributed by atoms with Gasteiger partial charge >= 0.3 is 0 Å². The van der Waals surface area contributed by atoms with Gasteiger partial charge in [-0.1, -0.05) is 35.9 Å². The fourth-order valence-corrected chi connectivity index (χ4v) is 2.43. The molecule has 0 atom stereocenters. The van der Waals surface area contributed by atoms with Crippen LogP contribution in [-0.4, -0.2) is 10.8 Å². The Hall–Kier alpha value is -2.90. The average molecular weight is 337 g/mol. The summed E-state index contributed by atoms with van der Waals surface area (Å²) in [5.41, 5.74) is 3.00. The predicted octanol–water partition coefficient (Wildman–Crippen LogP) is 4.22. The first kappa shape index (κ1) is 16.0. The van der Waals surface area contributed by atoms with E-state index in [0.717, 1.165) is 11.1 Å². The van der Waals surface area contributed by atoms with Crippen molar-refractivity contribution in [2.75, 3.05) is 0 Å². The van der Waals surface area contributed by atoms with Crippen LogP contribution < -0.4 is 0 Å². The van der Waals surface area contributed by atoms with Gasteiger partial charge in [-0.3, -0.25) is 4.79 Å². The van der Waals surface area contributed by atoms with E-state index in [-0.39, 0.29) is 18.6 Å². The molecule has 0 aliphatic heterocycles. The highest BCUT2D eigenvalue weighted by Gasteiger charge is 2.11. The van der Waals surface area contributed by atoms with Crippen molar-refractivity contribution in [2.24, 2.45) is 0 Å². The van der Waals surface area contributed by atoms with Crippen LogP contribution in [-0.2, 0) is 17.6 Å². The van der Waals surface area contributed by atoms with Gasteiger partial charge in [0.25, 0.3) is 0 Å². The molecule has 0 bridgehead atoms. The first-order chi connectivity index (χ1) is 11.6. The maximum atomic E-state index is 12.1. The van der Waals surface area contributed by atoms with Gasteiger partial charge in [0.05, 0.1) is 18.1 Å². The molecule has 0 N–H and O–H groups in total. The average Bonchev–Trinajstić information content (AvgIpc) is 3.04. The second-order valence-electron chi connectivity index (χ2n) is 5.33.